The van der Waals surface area contributed by atoms with E-state index in [2.05, 4.69) is 49.4 Å². The van der Waals surface area contributed by atoms with Crippen LogP contribution in [0.4, 0.5) is 4.79 Å². The minimum absolute atomic E-state index is 0.0258. The minimum Gasteiger partial charge on any atom is -0.453 e. The molecule has 2 aromatic heterocycles. The summed E-state index contributed by atoms with van der Waals surface area (Å²) in [5, 5.41) is 3.73. The molecule has 2 bridgehead atoms. The van der Waals surface area contributed by atoms with Crippen LogP contribution in [-0.4, -0.2) is 92.4 Å². The van der Waals surface area contributed by atoms with Gasteiger partial charge in [-0.15, -0.1) is 0 Å². The summed E-state index contributed by atoms with van der Waals surface area (Å²) in [6.07, 6.45) is 10.3. The van der Waals surface area contributed by atoms with E-state index in [0.29, 0.717) is 33.7 Å². The van der Waals surface area contributed by atoms with Crippen molar-refractivity contribution in [2.75, 3.05) is 14.2 Å². The molecule has 5 aliphatic carbocycles. The summed E-state index contributed by atoms with van der Waals surface area (Å²) >= 11 is 13.9. The van der Waals surface area contributed by atoms with E-state index in [1.165, 1.54) is 26.2 Å². The number of imidazole rings is 2. The van der Waals surface area contributed by atoms with E-state index in [4.69, 9.17) is 42.8 Å². The number of fused-ring (bicyclic) bond motifs is 5. The van der Waals surface area contributed by atoms with Gasteiger partial charge in [0.1, 0.15) is 34.6 Å². The third-order valence-electron chi connectivity index (χ3n) is 14.9. The number of alkyl carbamates (subject to hydrolysis) is 1. The lowest BCUT2D eigenvalue weighted by Gasteiger charge is -2.53. The summed E-state index contributed by atoms with van der Waals surface area (Å²) in [4.78, 5) is 74.8. The molecule has 7 aliphatic rings. The smallest absolute Gasteiger partial charge is 0.407 e. The minimum atomic E-state index is -0.687. The zero-order valence-corrected chi connectivity index (χ0v) is 36.7. The summed E-state index contributed by atoms with van der Waals surface area (Å²) in [5.41, 5.74) is 3.92. The van der Waals surface area contributed by atoms with Crippen LogP contribution in [0.5, 0.6) is 0 Å². The standard InChI is InChI=1S/C44H56Cl2N8O6/c1-22(2)32(47-21-60-59-6)40(55)53-28-17-25(28)19-30(53)38-48-34(36(45)51-38)24-7-9-27(10-8-24)43-11-14-44(15-12-43,16-13-43)35-37(46)52-39(50-35)31-20-26-18-29(26)54(31)41(56)33(23(3)4)49-42(57)58-5/h7-10,21-23,25-26,28-33H,11-20H2,1-6H3,(H,48,51)(H,49,57)(H,50,52)/t25-,26-,28-,29-,30+,31+,32+,33+,43?,44?/m1/s1. The molecule has 60 heavy (non-hydrogen) atoms. The Balaban J connectivity index is 0.882. The predicted molar refractivity (Wildman–Crippen MR) is 225 cm³/mol. The molecule has 3 amide bonds. The van der Waals surface area contributed by atoms with Gasteiger partial charge in [-0.1, -0.05) is 75.2 Å². The number of carbonyl (C=O) groups excluding carboxylic acids is 3. The number of halogens is 2. The zero-order chi connectivity index (χ0) is 42.2. The Morgan fingerprint density at radius 2 is 1.40 bits per heavy atom. The second-order valence-corrected chi connectivity index (χ2v) is 19.6. The number of nitrogens with zero attached hydrogens (tertiary/aromatic N) is 5. The Bertz CT molecular complexity index is 2150. The molecule has 3 aromatic rings. The molecule has 322 valence electrons. The van der Waals surface area contributed by atoms with Gasteiger partial charge in [-0.05, 0) is 98.9 Å². The third kappa shape index (κ3) is 7.07. The predicted octanol–water partition coefficient (Wildman–Crippen LogP) is 7.99. The van der Waals surface area contributed by atoms with E-state index in [1.807, 2.05) is 37.5 Å². The fourth-order valence-electron chi connectivity index (χ4n) is 11.3. The number of nitrogens with one attached hydrogen (secondary N) is 3. The first-order valence-corrected chi connectivity index (χ1v) is 22.4. The fraction of sp³-hybridized carbons (Fsp3) is 0.636. The van der Waals surface area contributed by atoms with Gasteiger partial charge in [-0.2, -0.15) is 4.89 Å². The average Bonchev–Trinajstić information content (AvgIpc) is 3.95. The highest BCUT2D eigenvalue weighted by Crippen LogP contribution is 2.60. The highest BCUT2D eigenvalue weighted by Gasteiger charge is 2.58. The second-order valence-electron chi connectivity index (χ2n) is 18.9. The molecule has 2 saturated heterocycles. The van der Waals surface area contributed by atoms with Gasteiger partial charge < -0.3 is 34.7 Å². The first-order valence-electron chi connectivity index (χ1n) is 21.6. The molecule has 0 spiro atoms. The summed E-state index contributed by atoms with van der Waals surface area (Å²) in [6.45, 7) is 7.81. The molecular formula is C44H56Cl2N8O6. The summed E-state index contributed by atoms with van der Waals surface area (Å²) in [7, 11) is 2.71. The van der Waals surface area contributed by atoms with Crippen LogP contribution in [0.25, 0.3) is 11.3 Å². The maximum atomic E-state index is 14.0. The number of H-pyrrole nitrogens is 2. The van der Waals surface area contributed by atoms with E-state index in [0.717, 1.165) is 81.3 Å². The highest BCUT2D eigenvalue weighted by atomic mass is 35.5. The van der Waals surface area contributed by atoms with Crippen LogP contribution in [0.15, 0.2) is 29.3 Å². The molecule has 0 radical (unpaired) electrons. The van der Waals surface area contributed by atoms with E-state index >= 15 is 0 Å². The van der Waals surface area contributed by atoms with Crippen molar-refractivity contribution in [1.82, 2.24) is 35.1 Å². The number of amides is 3. The largest absolute Gasteiger partial charge is 0.453 e. The molecule has 16 heteroatoms. The quantitative estimate of drug-likeness (QED) is 0.0673. The molecule has 2 aliphatic heterocycles. The lowest BCUT2D eigenvalue weighted by atomic mass is 9.51. The number of aliphatic imine (C=N–C) groups is 1. The maximum absolute atomic E-state index is 14.0. The first kappa shape index (κ1) is 41.2. The molecule has 8 atom stereocenters. The number of hydrogen-bond acceptors (Lipinski definition) is 9. The van der Waals surface area contributed by atoms with Gasteiger partial charge in [0.25, 0.3) is 0 Å². The van der Waals surface area contributed by atoms with E-state index in [-0.39, 0.29) is 58.6 Å². The Morgan fingerprint density at radius 1 is 0.817 bits per heavy atom. The molecule has 14 nitrogen and oxygen atoms in total. The first-order chi connectivity index (χ1) is 28.8. The van der Waals surface area contributed by atoms with Crippen LogP contribution < -0.4 is 5.32 Å². The molecule has 7 fully saturated rings. The Labute approximate surface area is 360 Å². The van der Waals surface area contributed by atoms with Gasteiger partial charge in [-0.3, -0.25) is 9.59 Å². The van der Waals surface area contributed by atoms with Crippen LogP contribution in [0, 0.1) is 23.7 Å². The van der Waals surface area contributed by atoms with Crippen molar-refractivity contribution in [3.05, 3.63) is 57.5 Å². The van der Waals surface area contributed by atoms with Crippen molar-refractivity contribution >= 4 is 47.5 Å². The second kappa shape index (κ2) is 15.6. The lowest BCUT2D eigenvalue weighted by Crippen LogP contribution is -2.52. The van der Waals surface area contributed by atoms with Gasteiger partial charge in [-0.25, -0.2) is 19.8 Å². The van der Waals surface area contributed by atoms with Crippen LogP contribution in [0.3, 0.4) is 0 Å². The van der Waals surface area contributed by atoms with Crippen LogP contribution in [0.2, 0.25) is 10.3 Å². The van der Waals surface area contributed by atoms with Crippen molar-refractivity contribution in [2.45, 2.75) is 139 Å². The monoisotopic (exact) mass is 862 g/mol. The number of likely N-dealkylation sites (tertiary alicyclic amines) is 2. The number of aromatic nitrogens is 4. The number of rotatable bonds is 13. The Morgan fingerprint density at radius 3 is 1.97 bits per heavy atom. The Hall–Kier alpha value is -4.14. The maximum Gasteiger partial charge on any atom is 0.407 e. The number of methoxy groups -OCH3 is 1. The fourth-order valence-corrected chi connectivity index (χ4v) is 11.9. The van der Waals surface area contributed by atoms with Gasteiger partial charge in [0.15, 0.2) is 5.15 Å². The zero-order valence-electron chi connectivity index (χ0n) is 35.2. The number of piperidine rings is 2. The summed E-state index contributed by atoms with van der Waals surface area (Å²) in [5.74, 6) is 2.06. The van der Waals surface area contributed by atoms with Crippen molar-refractivity contribution < 1.29 is 28.9 Å². The molecule has 10 rings (SSSR count). The molecule has 3 N–H and O–H groups in total. The summed E-state index contributed by atoms with van der Waals surface area (Å²) < 4.78 is 4.84. The van der Waals surface area contributed by atoms with Crippen LogP contribution in [-0.2, 0) is 34.9 Å². The Kier molecular flexibility index (Phi) is 10.7. The summed E-state index contributed by atoms with van der Waals surface area (Å²) in [6, 6.07) is 7.38. The van der Waals surface area contributed by atoms with Crippen molar-refractivity contribution in [3.63, 3.8) is 0 Å². The number of hydrogen-bond donors (Lipinski definition) is 3. The van der Waals surface area contributed by atoms with Gasteiger partial charge in [0, 0.05) is 23.1 Å². The van der Waals surface area contributed by atoms with E-state index < -0.39 is 18.2 Å². The van der Waals surface area contributed by atoms with Crippen LogP contribution >= 0.6 is 23.2 Å². The molecular weight excluding hydrogens is 807 g/mol. The van der Waals surface area contributed by atoms with Crippen molar-refractivity contribution in [1.29, 1.82) is 0 Å². The highest BCUT2D eigenvalue weighted by molar-refractivity contribution is 6.32. The molecule has 1 aromatic carbocycles. The van der Waals surface area contributed by atoms with Crippen molar-refractivity contribution in [2.24, 2.45) is 28.7 Å². The number of aromatic amines is 2. The normalized spacial score (nSPS) is 31.1. The lowest BCUT2D eigenvalue weighted by molar-refractivity contribution is -0.188. The van der Waals surface area contributed by atoms with Gasteiger partial charge >= 0.3 is 6.09 Å². The van der Waals surface area contributed by atoms with Crippen molar-refractivity contribution in [3.8, 4) is 11.3 Å². The van der Waals surface area contributed by atoms with Gasteiger partial charge in [0.2, 0.25) is 18.2 Å². The van der Waals surface area contributed by atoms with E-state index in [9.17, 15) is 14.4 Å². The molecule has 4 heterocycles. The SMILES string of the molecule is COOC=N[C@H](C(=O)N1[C@@H]2C[C@@H]2C[C@H]1c1nc(-c2ccc(C34CCC(c5[nH]c([C@@H]6C[C@H]7C[C@H]7N6C(=O)[C@@H](NC(=O)OC)C(C)C)nc5Cl)(CC3)CC4)cc2)c(Cl)[nH]1)C(C)C. The van der Waals surface area contributed by atoms with Gasteiger partial charge in [0.05, 0.1) is 32.0 Å². The van der Waals surface area contributed by atoms with E-state index in [1.54, 1.807) is 0 Å². The number of ether oxygens (including phenoxy) is 1. The van der Waals surface area contributed by atoms with Crippen LogP contribution in [0.1, 0.15) is 127 Å². The molecule has 5 saturated carbocycles. The molecule has 0 unspecified atom stereocenters. The number of carbonyl (C=O) groups is 3. The topological polar surface area (TPSA) is 167 Å². The third-order valence-corrected chi connectivity index (χ3v) is 15.4. The average molecular weight is 864 g/mol. The number of benzene rings is 1.